The number of Topliss-reactive ketones (excluding diaryl/α,β-unsaturated/α-hetero) is 1. The number of carbonyl (C=O) groups excluding carboxylic acids is 2. The van der Waals surface area contributed by atoms with E-state index in [1.807, 2.05) is 0 Å². The van der Waals surface area contributed by atoms with Crippen molar-refractivity contribution < 1.29 is 19.4 Å². The van der Waals surface area contributed by atoms with Crippen molar-refractivity contribution >= 4 is 17.4 Å². The second-order valence-corrected chi connectivity index (χ2v) is 4.31. The first kappa shape index (κ1) is 12.6. The lowest BCUT2D eigenvalue weighted by molar-refractivity contribution is -0.114. The molecule has 1 amide bonds. The van der Waals surface area contributed by atoms with Crippen LogP contribution in [-0.2, 0) is 4.79 Å². The molecule has 0 radical (unpaired) electrons. The van der Waals surface area contributed by atoms with Gasteiger partial charge in [0, 0.05) is 12.6 Å². The van der Waals surface area contributed by atoms with Crippen molar-refractivity contribution in [2.45, 2.75) is 19.4 Å². The quantitative estimate of drug-likeness (QED) is 0.808. The Labute approximate surface area is 105 Å². The molecule has 1 aliphatic rings. The Morgan fingerprint density at radius 2 is 2.11 bits per heavy atom. The molecular weight excluding hydrogens is 234 g/mol. The van der Waals surface area contributed by atoms with E-state index < -0.39 is 17.8 Å². The maximum Gasteiger partial charge on any atom is 0.299 e. The van der Waals surface area contributed by atoms with Gasteiger partial charge in [0.2, 0.25) is 0 Å². The van der Waals surface area contributed by atoms with Crippen LogP contribution in [-0.4, -0.2) is 36.6 Å². The van der Waals surface area contributed by atoms with Gasteiger partial charge in [-0.1, -0.05) is 0 Å². The van der Waals surface area contributed by atoms with Crippen LogP contribution in [0.4, 0.5) is 5.69 Å². The Hall–Kier alpha value is -1.88. The average molecular weight is 249 g/mol. The van der Waals surface area contributed by atoms with Crippen LogP contribution in [0, 0.1) is 0 Å². The van der Waals surface area contributed by atoms with E-state index in [1.54, 1.807) is 25.1 Å². The van der Waals surface area contributed by atoms with E-state index in [4.69, 9.17) is 4.74 Å². The van der Waals surface area contributed by atoms with Gasteiger partial charge >= 0.3 is 0 Å². The minimum Gasteiger partial charge on any atom is -0.497 e. The third kappa shape index (κ3) is 2.09. The standard InChI is InChI=1S/C13H15NO4/c1-8(15)5-6-14-11-7-9(18-2)3-4-10(11)12(16)13(14)17/h3-4,7-8,15H,5-6H2,1-2H3. The third-order valence-electron chi connectivity index (χ3n) is 2.95. The maximum atomic E-state index is 11.8. The van der Waals surface area contributed by atoms with Crippen molar-refractivity contribution in [3.63, 3.8) is 0 Å². The molecule has 1 unspecified atom stereocenters. The Kier molecular flexibility index (Phi) is 3.34. The van der Waals surface area contributed by atoms with Gasteiger partial charge in [-0.05, 0) is 25.5 Å². The van der Waals surface area contributed by atoms with Crippen molar-refractivity contribution in [2.24, 2.45) is 0 Å². The number of rotatable bonds is 4. The fourth-order valence-electron chi connectivity index (χ4n) is 1.94. The maximum absolute atomic E-state index is 11.8. The smallest absolute Gasteiger partial charge is 0.299 e. The summed E-state index contributed by atoms with van der Waals surface area (Å²) in [6.07, 6.45) is -0.0853. The monoisotopic (exact) mass is 249 g/mol. The molecule has 0 aliphatic carbocycles. The second kappa shape index (κ2) is 4.78. The van der Waals surface area contributed by atoms with Gasteiger partial charge < -0.3 is 14.7 Å². The molecule has 1 atom stereocenters. The number of amides is 1. The molecule has 0 saturated carbocycles. The molecule has 2 rings (SSSR count). The molecule has 1 N–H and O–H groups in total. The van der Waals surface area contributed by atoms with Gasteiger partial charge in [-0.2, -0.15) is 0 Å². The van der Waals surface area contributed by atoms with E-state index in [0.717, 1.165) is 0 Å². The molecule has 0 fully saturated rings. The van der Waals surface area contributed by atoms with Crippen LogP contribution in [0.1, 0.15) is 23.7 Å². The van der Waals surface area contributed by atoms with E-state index in [9.17, 15) is 14.7 Å². The summed E-state index contributed by atoms with van der Waals surface area (Å²) < 4.78 is 5.09. The lowest BCUT2D eigenvalue weighted by Gasteiger charge is -2.17. The summed E-state index contributed by atoms with van der Waals surface area (Å²) in [7, 11) is 1.53. The highest BCUT2D eigenvalue weighted by molar-refractivity contribution is 6.52. The Morgan fingerprint density at radius 1 is 1.39 bits per heavy atom. The molecule has 18 heavy (non-hydrogen) atoms. The van der Waals surface area contributed by atoms with Gasteiger partial charge in [0.15, 0.2) is 0 Å². The molecule has 5 nitrogen and oxygen atoms in total. The summed E-state index contributed by atoms with van der Waals surface area (Å²) in [4.78, 5) is 25.0. The second-order valence-electron chi connectivity index (χ2n) is 4.31. The van der Waals surface area contributed by atoms with Crippen LogP contribution in [0.3, 0.4) is 0 Å². The summed E-state index contributed by atoms with van der Waals surface area (Å²) in [6.45, 7) is 1.97. The number of carbonyl (C=O) groups is 2. The highest BCUT2D eigenvalue weighted by atomic mass is 16.5. The molecule has 0 bridgehead atoms. The molecule has 1 heterocycles. The fourth-order valence-corrected chi connectivity index (χ4v) is 1.94. The summed E-state index contributed by atoms with van der Waals surface area (Å²) >= 11 is 0. The zero-order valence-corrected chi connectivity index (χ0v) is 10.3. The van der Waals surface area contributed by atoms with E-state index in [1.165, 1.54) is 12.0 Å². The first-order valence-corrected chi connectivity index (χ1v) is 5.77. The van der Waals surface area contributed by atoms with E-state index in [2.05, 4.69) is 0 Å². The number of ketones is 1. The first-order valence-electron chi connectivity index (χ1n) is 5.77. The van der Waals surface area contributed by atoms with Crippen LogP contribution in [0.2, 0.25) is 0 Å². The lowest BCUT2D eigenvalue weighted by atomic mass is 10.1. The number of ether oxygens (including phenoxy) is 1. The topological polar surface area (TPSA) is 66.8 Å². The number of fused-ring (bicyclic) bond motifs is 1. The zero-order chi connectivity index (χ0) is 13.3. The van der Waals surface area contributed by atoms with Crippen LogP contribution in [0.25, 0.3) is 0 Å². The molecule has 0 saturated heterocycles. The number of hydrogen-bond donors (Lipinski definition) is 1. The molecule has 5 heteroatoms. The van der Waals surface area contributed by atoms with Crippen LogP contribution < -0.4 is 9.64 Å². The molecule has 1 aromatic carbocycles. The van der Waals surface area contributed by atoms with Crippen LogP contribution in [0.15, 0.2) is 18.2 Å². The first-order chi connectivity index (χ1) is 8.54. The molecule has 1 aromatic rings. The number of nitrogens with zero attached hydrogens (tertiary/aromatic N) is 1. The summed E-state index contributed by atoms with van der Waals surface area (Å²) in [6, 6.07) is 4.92. The highest BCUT2D eigenvalue weighted by Gasteiger charge is 2.35. The normalized spacial score (nSPS) is 15.8. The van der Waals surface area contributed by atoms with E-state index in [-0.39, 0.29) is 0 Å². The highest BCUT2D eigenvalue weighted by Crippen LogP contribution is 2.32. The SMILES string of the molecule is COc1ccc2c(c1)N(CCC(C)O)C(=O)C2=O. The number of methoxy groups -OCH3 is 1. The van der Waals surface area contributed by atoms with E-state index in [0.29, 0.717) is 30.0 Å². The summed E-state index contributed by atoms with van der Waals surface area (Å²) in [5.74, 6) is -0.449. The number of benzene rings is 1. The molecular formula is C13H15NO4. The average Bonchev–Trinajstić information content (AvgIpc) is 2.59. The number of hydrogen-bond acceptors (Lipinski definition) is 4. The van der Waals surface area contributed by atoms with Crippen molar-refractivity contribution in [1.82, 2.24) is 0 Å². The van der Waals surface area contributed by atoms with Gasteiger partial charge in [-0.25, -0.2) is 0 Å². The minimum absolute atomic E-state index is 0.322. The zero-order valence-electron chi connectivity index (χ0n) is 10.3. The fraction of sp³-hybridized carbons (Fsp3) is 0.385. The summed E-state index contributed by atoms with van der Waals surface area (Å²) in [5, 5.41) is 9.27. The van der Waals surface area contributed by atoms with Crippen molar-refractivity contribution in [1.29, 1.82) is 0 Å². The molecule has 0 aromatic heterocycles. The van der Waals surface area contributed by atoms with Gasteiger partial charge in [0.05, 0.1) is 24.5 Å². The lowest BCUT2D eigenvalue weighted by Crippen LogP contribution is -2.32. The van der Waals surface area contributed by atoms with Gasteiger partial charge in [0.1, 0.15) is 5.75 Å². The number of anilines is 1. The van der Waals surface area contributed by atoms with Crippen molar-refractivity contribution in [3.05, 3.63) is 23.8 Å². The van der Waals surface area contributed by atoms with Gasteiger partial charge in [-0.15, -0.1) is 0 Å². The predicted octanol–water partition coefficient (Wildman–Crippen LogP) is 0.995. The Bertz CT molecular complexity index is 496. The van der Waals surface area contributed by atoms with Gasteiger partial charge in [0.25, 0.3) is 11.7 Å². The van der Waals surface area contributed by atoms with Crippen LogP contribution in [0.5, 0.6) is 5.75 Å². The minimum atomic E-state index is -0.543. The number of aliphatic hydroxyl groups is 1. The number of aliphatic hydroxyl groups excluding tert-OH is 1. The van der Waals surface area contributed by atoms with Crippen molar-refractivity contribution in [3.8, 4) is 5.75 Å². The summed E-state index contributed by atoms with van der Waals surface area (Å²) in [5.41, 5.74) is 0.955. The molecule has 0 spiro atoms. The third-order valence-corrected chi connectivity index (χ3v) is 2.95. The Morgan fingerprint density at radius 3 is 2.72 bits per heavy atom. The molecule has 96 valence electrons. The molecule has 1 aliphatic heterocycles. The largest absolute Gasteiger partial charge is 0.497 e. The van der Waals surface area contributed by atoms with E-state index >= 15 is 0 Å². The van der Waals surface area contributed by atoms with Gasteiger partial charge in [-0.3, -0.25) is 9.59 Å². The van der Waals surface area contributed by atoms with Crippen molar-refractivity contribution in [2.75, 3.05) is 18.6 Å². The Balaban J connectivity index is 2.33. The predicted molar refractivity (Wildman–Crippen MR) is 66.0 cm³/mol. The van der Waals surface area contributed by atoms with Crippen LogP contribution >= 0.6 is 0 Å².